The van der Waals surface area contributed by atoms with Crippen molar-refractivity contribution < 1.29 is 9.90 Å². The van der Waals surface area contributed by atoms with Crippen LogP contribution in [0.5, 0.6) is 0 Å². The van der Waals surface area contributed by atoms with Gasteiger partial charge in [0, 0.05) is 36.5 Å². The zero-order valence-corrected chi connectivity index (χ0v) is 16.6. The molecule has 0 spiro atoms. The van der Waals surface area contributed by atoms with Gasteiger partial charge in [-0.25, -0.2) is 9.97 Å². The molecule has 0 aliphatic rings. The maximum absolute atomic E-state index is 12.6. The first-order chi connectivity index (χ1) is 13.6. The van der Waals surface area contributed by atoms with Crippen LogP contribution >= 0.6 is 0 Å². The Bertz CT molecular complexity index is 834. The molecular weight excluding hydrogens is 348 g/mol. The maximum Gasteiger partial charge on any atom is 0.163 e. The zero-order valence-electron chi connectivity index (χ0n) is 16.6. The van der Waals surface area contributed by atoms with Crippen LogP contribution in [0.1, 0.15) is 42.4 Å². The molecule has 0 saturated carbocycles. The van der Waals surface area contributed by atoms with Crippen molar-refractivity contribution in [2.45, 2.75) is 33.1 Å². The standard InChI is InChI=1S/C24H28N2O2/c1-4-6-7-19(5-2)8-9-20(17-27)14-24(28)22-12-10-21(11-13-22)23-15-25-18(3)26-16-23/h4-7,10-13,15-16,20,27H,1,8-9,14,17H2,2-3H3/b7-6-,19-5+. The van der Waals surface area contributed by atoms with Gasteiger partial charge in [0.1, 0.15) is 5.82 Å². The molecule has 1 heterocycles. The average Bonchev–Trinajstić information content (AvgIpc) is 2.73. The highest BCUT2D eigenvalue weighted by Crippen LogP contribution is 2.21. The number of Topliss-reactive ketones (excluding diaryl/α,β-unsaturated/α-hetero) is 1. The SMILES string of the molecule is C=C/C=C\C(=C/C)CCC(CO)CC(=O)c1ccc(-c2cnc(C)nc2)cc1. The molecule has 146 valence electrons. The van der Waals surface area contributed by atoms with Crippen LogP contribution in [0.15, 0.2) is 73.1 Å². The molecule has 0 amide bonds. The van der Waals surface area contributed by atoms with Gasteiger partial charge in [0.25, 0.3) is 0 Å². The molecule has 1 atom stereocenters. The topological polar surface area (TPSA) is 63.1 Å². The van der Waals surface area contributed by atoms with Crippen molar-refractivity contribution in [2.24, 2.45) is 5.92 Å². The first-order valence-electron chi connectivity index (χ1n) is 9.54. The lowest BCUT2D eigenvalue weighted by molar-refractivity contribution is 0.0931. The lowest BCUT2D eigenvalue weighted by Crippen LogP contribution is -2.13. The molecule has 0 bridgehead atoms. The first-order valence-corrected chi connectivity index (χ1v) is 9.54. The van der Waals surface area contributed by atoms with E-state index in [1.807, 2.05) is 56.3 Å². The third-order valence-electron chi connectivity index (χ3n) is 4.71. The van der Waals surface area contributed by atoms with E-state index in [-0.39, 0.29) is 18.3 Å². The second-order valence-electron chi connectivity index (χ2n) is 6.77. The second-order valence-corrected chi connectivity index (χ2v) is 6.77. The van der Waals surface area contributed by atoms with Crippen molar-refractivity contribution >= 4 is 5.78 Å². The summed E-state index contributed by atoms with van der Waals surface area (Å²) in [6.07, 6.45) is 13.2. The third kappa shape index (κ3) is 6.39. The van der Waals surface area contributed by atoms with Crippen molar-refractivity contribution in [1.29, 1.82) is 0 Å². The quantitative estimate of drug-likeness (QED) is 0.463. The summed E-state index contributed by atoms with van der Waals surface area (Å²) < 4.78 is 0. The van der Waals surface area contributed by atoms with Crippen LogP contribution in [0.4, 0.5) is 0 Å². The smallest absolute Gasteiger partial charge is 0.163 e. The van der Waals surface area contributed by atoms with Gasteiger partial charge in [-0.05, 0) is 38.2 Å². The number of hydrogen-bond donors (Lipinski definition) is 1. The molecule has 0 radical (unpaired) electrons. The van der Waals surface area contributed by atoms with Crippen molar-refractivity contribution in [2.75, 3.05) is 6.61 Å². The summed E-state index contributed by atoms with van der Waals surface area (Å²) in [7, 11) is 0. The molecule has 1 aromatic heterocycles. The normalized spacial score (nSPS) is 12.9. The molecule has 0 saturated heterocycles. The molecule has 0 aliphatic carbocycles. The van der Waals surface area contributed by atoms with Crippen LogP contribution in [0.2, 0.25) is 0 Å². The van der Waals surface area contributed by atoms with Gasteiger partial charge in [-0.3, -0.25) is 4.79 Å². The van der Waals surface area contributed by atoms with Gasteiger partial charge in [0.15, 0.2) is 5.78 Å². The van der Waals surface area contributed by atoms with Crippen LogP contribution in [0.25, 0.3) is 11.1 Å². The molecule has 1 aromatic carbocycles. The molecule has 2 rings (SSSR count). The number of nitrogens with zero attached hydrogens (tertiary/aromatic N) is 2. The van der Waals surface area contributed by atoms with Gasteiger partial charge in [-0.2, -0.15) is 0 Å². The summed E-state index contributed by atoms with van der Waals surface area (Å²) in [5, 5.41) is 9.68. The van der Waals surface area contributed by atoms with Gasteiger partial charge in [0.05, 0.1) is 0 Å². The molecule has 1 N–H and O–H groups in total. The minimum Gasteiger partial charge on any atom is -0.396 e. The Hall–Kier alpha value is -2.85. The number of aromatic nitrogens is 2. The molecule has 0 aliphatic heterocycles. The summed E-state index contributed by atoms with van der Waals surface area (Å²) in [6.45, 7) is 7.52. The number of aliphatic hydroxyl groups is 1. The summed E-state index contributed by atoms with van der Waals surface area (Å²) in [4.78, 5) is 21.0. The van der Waals surface area contributed by atoms with E-state index in [2.05, 4.69) is 16.5 Å². The van der Waals surface area contributed by atoms with Crippen LogP contribution in [-0.2, 0) is 0 Å². The highest BCUT2D eigenvalue weighted by atomic mass is 16.3. The maximum atomic E-state index is 12.6. The predicted octanol–water partition coefficient (Wildman–Crippen LogP) is 5.10. The van der Waals surface area contributed by atoms with E-state index in [4.69, 9.17) is 0 Å². The number of aliphatic hydroxyl groups excluding tert-OH is 1. The Morgan fingerprint density at radius 1 is 1.18 bits per heavy atom. The summed E-state index contributed by atoms with van der Waals surface area (Å²) >= 11 is 0. The molecule has 0 fully saturated rings. The lowest BCUT2D eigenvalue weighted by Gasteiger charge is -2.14. The fraction of sp³-hybridized carbons (Fsp3) is 0.292. The zero-order chi connectivity index (χ0) is 20.4. The van der Waals surface area contributed by atoms with Gasteiger partial charge in [-0.1, -0.05) is 60.7 Å². The van der Waals surface area contributed by atoms with E-state index in [1.54, 1.807) is 18.5 Å². The summed E-state index contributed by atoms with van der Waals surface area (Å²) in [6, 6.07) is 7.48. The van der Waals surface area contributed by atoms with Crippen LogP contribution in [0, 0.1) is 12.8 Å². The van der Waals surface area contributed by atoms with Crippen LogP contribution in [0.3, 0.4) is 0 Å². The molecule has 2 aromatic rings. The number of aryl methyl sites for hydroxylation is 1. The molecule has 1 unspecified atom stereocenters. The van der Waals surface area contributed by atoms with Gasteiger partial charge in [-0.15, -0.1) is 0 Å². The fourth-order valence-corrected chi connectivity index (χ4v) is 2.91. The number of carbonyl (C=O) groups is 1. The van der Waals surface area contributed by atoms with E-state index >= 15 is 0 Å². The van der Waals surface area contributed by atoms with Crippen molar-refractivity contribution in [3.05, 3.63) is 84.5 Å². The number of carbonyl (C=O) groups excluding carboxylic acids is 1. The number of hydrogen-bond acceptors (Lipinski definition) is 4. The Morgan fingerprint density at radius 2 is 1.86 bits per heavy atom. The monoisotopic (exact) mass is 376 g/mol. The third-order valence-corrected chi connectivity index (χ3v) is 4.71. The predicted molar refractivity (Wildman–Crippen MR) is 114 cm³/mol. The van der Waals surface area contributed by atoms with E-state index in [1.165, 1.54) is 5.57 Å². The Balaban J connectivity index is 1.97. The molecule has 4 heteroatoms. The highest BCUT2D eigenvalue weighted by Gasteiger charge is 2.15. The number of benzene rings is 1. The lowest BCUT2D eigenvalue weighted by atomic mass is 9.92. The summed E-state index contributed by atoms with van der Waals surface area (Å²) in [5.41, 5.74) is 3.73. The number of rotatable bonds is 10. The van der Waals surface area contributed by atoms with Crippen molar-refractivity contribution in [3.8, 4) is 11.1 Å². The number of ketones is 1. The Labute approximate surface area is 167 Å². The Morgan fingerprint density at radius 3 is 2.43 bits per heavy atom. The largest absolute Gasteiger partial charge is 0.396 e. The minimum absolute atomic E-state index is 0.00664. The van der Waals surface area contributed by atoms with E-state index in [9.17, 15) is 9.90 Å². The Kier molecular flexibility index (Phi) is 8.50. The second kappa shape index (κ2) is 11.1. The number of allylic oxidation sites excluding steroid dienone is 5. The average molecular weight is 377 g/mol. The van der Waals surface area contributed by atoms with E-state index in [0.29, 0.717) is 12.0 Å². The molecule has 4 nitrogen and oxygen atoms in total. The summed E-state index contributed by atoms with van der Waals surface area (Å²) in [5.74, 6) is 0.728. The molecule has 28 heavy (non-hydrogen) atoms. The van der Waals surface area contributed by atoms with E-state index in [0.717, 1.165) is 29.8 Å². The highest BCUT2D eigenvalue weighted by molar-refractivity contribution is 5.96. The fourth-order valence-electron chi connectivity index (χ4n) is 2.91. The van der Waals surface area contributed by atoms with Crippen molar-refractivity contribution in [1.82, 2.24) is 9.97 Å². The van der Waals surface area contributed by atoms with Gasteiger partial charge >= 0.3 is 0 Å². The van der Waals surface area contributed by atoms with Gasteiger partial charge < -0.3 is 5.11 Å². The molecular formula is C24H28N2O2. The first kappa shape index (κ1) is 21.5. The van der Waals surface area contributed by atoms with Crippen molar-refractivity contribution in [3.63, 3.8) is 0 Å². The van der Waals surface area contributed by atoms with E-state index < -0.39 is 0 Å². The van der Waals surface area contributed by atoms with Gasteiger partial charge in [0.2, 0.25) is 0 Å². The van der Waals surface area contributed by atoms with Crippen LogP contribution < -0.4 is 0 Å². The van der Waals surface area contributed by atoms with Crippen LogP contribution in [-0.4, -0.2) is 27.5 Å². The minimum atomic E-state index is -0.0512.